The van der Waals surface area contributed by atoms with Gasteiger partial charge in [-0.15, -0.1) is 0 Å². The van der Waals surface area contributed by atoms with E-state index in [1.807, 2.05) is 12.1 Å². The van der Waals surface area contributed by atoms with Crippen LogP contribution in [0.25, 0.3) is 0 Å². The highest BCUT2D eigenvalue weighted by Gasteiger charge is 2.30. The molecule has 0 bridgehead atoms. The van der Waals surface area contributed by atoms with Crippen molar-refractivity contribution in [3.05, 3.63) is 65.2 Å². The number of benzene rings is 2. The molecule has 144 valence electrons. The van der Waals surface area contributed by atoms with Gasteiger partial charge in [0.2, 0.25) is 5.91 Å². The van der Waals surface area contributed by atoms with Gasteiger partial charge < -0.3 is 10.6 Å². The first-order chi connectivity index (χ1) is 12.5. The smallest absolute Gasteiger partial charge is 0.343 e. The Morgan fingerprint density at radius 3 is 1.85 bits per heavy atom. The highest BCUT2D eigenvalue weighted by molar-refractivity contribution is 5.99. The van der Waals surface area contributed by atoms with Gasteiger partial charge in [0.15, 0.2) is 0 Å². The van der Waals surface area contributed by atoms with Crippen LogP contribution in [0.3, 0.4) is 0 Å². The third-order valence-corrected chi connectivity index (χ3v) is 3.92. The standard InChI is InChI=1S/C20H21F3N2O2/c1-19(2,3)14-8-10-16(11-9-14)25-17(26)12-24-18(27)13-4-6-15(7-5-13)20(21,22)23/h4-11H,12H2,1-3H3,(H,24,27)(H,25,26). The predicted octanol–water partition coefficient (Wildman–Crippen LogP) is 4.37. The highest BCUT2D eigenvalue weighted by atomic mass is 19.4. The van der Waals surface area contributed by atoms with E-state index in [1.54, 1.807) is 12.1 Å². The van der Waals surface area contributed by atoms with E-state index < -0.39 is 23.6 Å². The minimum atomic E-state index is -4.46. The maximum Gasteiger partial charge on any atom is 0.416 e. The monoisotopic (exact) mass is 378 g/mol. The second-order valence-corrected chi connectivity index (χ2v) is 7.13. The molecular formula is C20H21F3N2O2. The predicted molar refractivity (Wildman–Crippen MR) is 97.5 cm³/mol. The van der Waals surface area contributed by atoms with Gasteiger partial charge >= 0.3 is 6.18 Å². The molecule has 0 fully saturated rings. The lowest BCUT2D eigenvalue weighted by molar-refractivity contribution is -0.137. The van der Waals surface area contributed by atoms with E-state index >= 15 is 0 Å². The topological polar surface area (TPSA) is 58.2 Å². The van der Waals surface area contributed by atoms with Crippen LogP contribution in [-0.2, 0) is 16.4 Å². The van der Waals surface area contributed by atoms with E-state index in [0.717, 1.165) is 29.8 Å². The first-order valence-corrected chi connectivity index (χ1v) is 8.33. The molecule has 0 aliphatic rings. The number of carbonyl (C=O) groups excluding carboxylic acids is 2. The molecule has 0 saturated heterocycles. The van der Waals surface area contributed by atoms with Gasteiger partial charge in [-0.2, -0.15) is 13.2 Å². The van der Waals surface area contributed by atoms with Crippen LogP contribution in [0.1, 0.15) is 42.3 Å². The lowest BCUT2D eigenvalue weighted by atomic mass is 9.87. The Morgan fingerprint density at radius 2 is 1.37 bits per heavy atom. The van der Waals surface area contributed by atoms with Gasteiger partial charge in [0.25, 0.3) is 5.91 Å². The largest absolute Gasteiger partial charge is 0.416 e. The number of hydrogen-bond acceptors (Lipinski definition) is 2. The Hall–Kier alpha value is -2.83. The highest BCUT2D eigenvalue weighted by Crippen LogP contribution is 2.29. The van der Waals surface area contributed by atoms with Crippen LogP contribution < -0.4 is 10.6 Å². The molecule has 0 heterocycles. The second-order valence-electron chi connectivity index (χ2n) is 7.13. The fourth-order valence-corrected chi connectivity index (χ4v) is 2.33. The Kier molecular flexibility index (Phi) is 5.93. The average Bonchev–Trinajstić information content (AvgIpc) is 2.58. The fraction of sp³-hybridized carbons (Fsp3) is 0.300. The minimum absolute atomic E-state index is 0.00181. The number of hydrogen-bond donors (Lipinski definition) is 2. The molecule has 0 radical (unpaired) electrons. The molecule has 2 aromatic carbocycles. The van der Waals surface area contributed by atoms with Crippen molar-refractivity contribution < 1.29 is 22.8 Å². The van der Waals surface area contributed by atoms with Crippen LogP contribution >= 0.6 is 0 Å². The Morgan fingerprint density at radius 1 is 0.852 bits per heavy atom. The van der Waals surface area contributed by atoms with Gasteiger partial charge in [0.1, 0.15) is 0 Å². The lowest BCUT2D eigenvalue weighted by Crippen LogP contribution is -2.32. The first kappa shape index (κ1) is 20.5. The van der Waals surface area contributed by atoms with Crippen molar-refractivity contribution in [1.29, 1.82) is 0 Å². The lowest BCUT2D eigenvalue weighted by Gasteiger charge is -2.19. The van der Waals surface area contributed by atoms with E-state index in [1.165, 1.54) is 0 Å². The summed E-state index contributed by atoms with van der Waals surface area (Å²) in [6, 6.07) is 11.2. The van der Waals surface area contributed by atoms with Crippen LogP contribution in [0, 0.1) is 0 Å². The van der Waals surface area contributed by atoms with Crippen LogP contribution in [0.4, 0.5) is 18.9 Å². The first-order valence-electron chi connectivity index (χ1n) is 8.33. The molecule has 0 saturated carbocycles. The summed E-state index contributed by atoms with van der Waals surface area (Å²) in [6.07, 6.45) is -4.46. The Labute approximate surface area is 155 Å². The van der Waals surface area contributed by atoms with Gasteiger partial charge in [-0.1, -0.05) is 32.9 Å². The molecule has 0 atom stereocenters. The van der Waals surface area contributed by atoms with Crippen LogP contribution in [0.15, 0.2) is 48.5 Å². The molecule has 0 unspecified atom stereocenters. The summed E-state index contributed by atoms with van der Waals surface area (Å²) in [5.74, 6) is -1.05. The molecule has 0 aromatic heterocycles. The zero-order valence-corrected chi connectivity index (χ0v) is 15.3. The van der Waals surface area contributed by atoms with Crippen molar-refractivity contribution in [2.45, 2.75) is 32.4 Å². The molecule has 2 aromatic rings. The summed E-state index contributed by atoms with van der Waals surface area (Å²) in [5.41, 5.74) is 0.923. The Balaban J connectivity index is 1.88. The third-order valence-electron chi connectivity index (χ3n) is 3.92. The zero-order valence-electron chi connectivity index (χ0n) is 15.3. The molecule has 0 aliphatic heterocycles. The van der Waals surface area contributed by atoms with Crippen molar-refractivity contribution in [3.8, 4) is 0 Å². The molecule has 2 rings (SSSR count). The SMILES string of the molecule is CC(C)(C)c1ccc(NC(=O)CNC(=O)c2ccc(C(F)(F)F)cc2)cc1. The van der Waals surface area contributed by atoms with Crippen molar-refractivity contribution in [2.24, 2.45) is 0 Å². The molecule has 2 amide bonds. The molecular weight excluding hydrogens is 357 g/mol. The summed E-state index contributed by atoms with van der Waals surface area (Å²) in [5, 5.41) is 5.03. The number of carbonyl (C=O) groups is 2. The van der Waals surface area contributed by atoms with E-state index in [9.17, 15) is 22.8 Å². The number of amides is 2. The fourth-order valence-electron chi connectivity index (χ4n) is 2.33. The number of alkyl halides is 3. The molecule has 2 N–H and O–H groups in total. The summed E-state index contributed by atoms with van der Waals surface area (Å²) < 4.78 is 37.6. The van der Waals surface area contributed by atoms with Gasteiger partial charge in [0.05, 0.1) is 12.1 Å². The number of nitrogens with one attached hydrogen (secondary N) is 2. The summed E-state index contributed by atoms with van der Waals surface area (Å²) in [6.45, 7) is 5.95. The van der Waals surface area contributed by atoms with Crippen molar-refractivity contribution >= 4 is 17.5 Å². The minimum Gasteiger partial charge on any atom is -0.343 e. The van der Waals surface area contributed by atoms with Gasteiger partial charge in [-0.3, -0.25) is 9.59 Å². The van der Waals surface area contributed by atoms with Crippen LogP contribution in [0.5, 0.6) is 0 Å². The number of halogens is 3. The zero-order chi connectivity index (χ0) is 20.2. The van der Waals surface area contributed by atoms with Crippen LogP contribution in [0.2, 0.25) is 0 Å². The van der Waals surface area contributed by atoms with E-state index in [2.05, 4.69) is 31.4 Å². The molecule has 4 nitrogen and oxygen atoms in total. The normalized spacial score (nSPS) is 11.8. The van der Waals surface area contributed by atoms with Gasteiger partial charge in [-0.05, 0) is 47.4 Å². The third kappa shape index (κ3) is 5.84. The number of rotatable bonds is 4. The molecule has 7 heteroatoms. The van der Waals surface area contributed by atoms with Crippen molar-refractivity contribution in [3.63, 3.8) is 0 Å². The quantitative estimate of drug-likeness (QED) is 0.830. The van der Waals surface area contributed by atoms with E-state index in [4.69, 9.17) is 0 Å². The van der Waals surface area contributed by atoms with E-state index in [-0.39, 0.29) is 17.5 Å². The maximum atomic E-state index is 12.5. The number of anilines is 1. The average molecular weight is 378 g/mol. The summed E-state index contributed by atoms with van der Waals surface area (Å²) >= 11 is 0. The molecule has 0 spiro atoms. The Bertz CT molecular complexity index is 805. The summed E-state index contributed by atoms with van der Waals surface area (Å²) in [4.78, 5) is 23.9. The molecule has 0 aliphatic carbocycles. The van der Waals surface area contributed by atoms with Crippen molar-refractivity contribution in [2.75, 3.05) is 11.9 Å². The van der Waals surface area contributed by atoms with Gasteiger partial charge in [0, 0.05) is 11.3 Å². The van der Waals surface area contributed by atoms with Gasteiger partial charge in [-0.25, -0.2) is 0 Å². The van der Waals surface area contributed by atoms with Crippen molar-refractivity contribution in [1.82, 2.24) is 5.32 Å². The summed E-state index contributed by atoms with van der Waals surface area (Å²) in [7, 11) is 0. The van der Waals surface area contributed by atoms with Crippen LogP contribution in [-0.4, -0.2) is 18.4 Å². The maximum absolute atomic E-state index is 12.5. The van der Waals surface area contributed by atoms with E-state index in [0.29, 0.717) is 5.69 Å². The second kappa shape index (κ2) is 7.82. The molecule has 27 heavy (non-hydrogen) atoms.